The van der Waals surface area contributed by atoms with E-state index in [1.54, 1.807) is 6.92 Å². The van der Waals surface area contributed by atoms with Crippen LogP contribution in [0.15, 0.2) is 45.0 Å². The second-order valence-corrected chi connectivity index (χ2v) is 7.16. The molecule has 1 aromatic carbocycles. The Balaban J connectivity index is 1.83. The summed E-state index contributed by atoms with van der Waals surface area (Å²) in [4.78, 5) is 26.8. The van der Waals surface area contributed by atoms with Gasteiger partial charge >= 0.3 is 5.69 Å². The average molecular weight is 401 g/mol. The molecule has 1 saturated carbocycles. The molecule has 0 aliphatic heterocycles. The highest BCUT2D eigenvalue weighted by molar-refractivity contribution is 7.80. The van der Waals surface area contributed by atoms with Gasteiger partial charge in [0.15, 0.2) is 5.11 Å². The van der Waals surface area contributed by atoms with Gasteiger partial charge in [-0.25, -0.2) is 4.79 Å². The summed E-state index contributed by atoms with van der Waals surface area (Å²) < 4.78 is 1.27. The number of para-hydroxylation sites is 1. The summed E-state index contributed by atoms with van der Waals surface area (Å²) in [7, 11) is 0. The molecule has 0 radical (unpaired) electrons. The van der Waals surface area contributed by atoms with E-state index >= 15 is 0 Å². The van der Waals surface area contributed by atoms with Crippen LogP contribution in [0.3, 0.4) is 0 Å². The zero-order chi connectivity index (χ0) is 20.1. The number of hydrogen-bond acceptors (Lipinski definition) is 5. The van der Waals surface area contributed by atoms with E-state index in [0.717, 1.165) is 37.8 Å². The first kappa shape index (κ1) is 19.8. The van der Waals surface area contributed by atoms with Crippen LogP contribution in [0.2, 0.25) is 0 Å². The lowest BCUT2D eigenvalue weighted by atomic mass is 9.95. The third-order valence-electron chi connectivity index (χ3n) is 4.78. The van der Waals surface area contributed by atoms with Crippen molar-refractivity contribution in [1.82, 2.24) is 15.0 Å². The molecule has 8 nitrogen and oxygen atoms in total. The van der Waals surface area contributed by atoms with Crippen LogP contribution >= 0.6 is 12.2 Å². The van der Waals surface area contributed by atoms with Crippen LogP contribution in [0.4, 0.5) is 5.69 Å². The molecule has 28 heavy (non-hydrogen) atoms. The minimum Gasteiger partial charge on any atom is -0.494 e. The Morgan fingerprint density at radius 3 is 2.57 bits per heavy atom. The summed E-state index contributed by atoms with van der Waals surface area (Å²) in [6.45, 7) is 1.57. The first-order chi connectivity index (χ1) is 13.5. The fourth-order valence-electron chi connectivity index (χ4n) is 3.41. The third kappa shape index (κ3) is 4.48. The molecular formula is C19H23N5O3S. The predicted molar refractivity (Wildman–Crippen MR) is 113 cm³/mol. The van der Waals surface area contributed by atoms with Gasteiger partial charge in [-0.1, -0.05) is 37.5 Å². The number of rotatable bonds is 4. The predicted octanol–water partition coefficient (Wildman–Crippen LogP) is 2.46. The number of hydrogen-bond donors (Lipinski definition) is 4. The fraction of sp³-hybridized carbons (Fsp3) is 0.368. The smallest absolute Gasteiger partial charge is 0.331 e. The maximum absolute atomic E-state index is 12.3. The van der Waals surface area contributed by atoms with Gasteiger partial charge in [0.25, 0.3) is 5.56 Å². The van der Waals surface area contributed by atoms with Crippen LogP contribution in [0.5, 0.6) is 5.88 Å². The number of hydrazone groups is 1. The van der Waals surface area contributed by atoms with Gasteiger partial charge in [0.1, 0.15) is 5.56 Å². The fourth-order valence-corrected chi connectivity index (χ4v) is 3.58. The summed E-state index contributed by atoms with van der Waals surface area (Å²) in [5.41, 5.74) is 2.35. The van der Waals surface area contributed by atoms with E-state index in [4.69, 9.17) is 12.2 Å². The lowest BCUT2D eigenvalue weighted by molar-refractivity contribution is 0.298. The molecular weight excluding hydrogens is 378 g/mol. The standard InChI is InChI=1S/C19H23N5O3S/c1-12(22-23-18(28)20-13-8-4-2-5-9-13)15-16(25)21-19(27)24(17(15)26)14-10-6-3-7-11-14/h2,4-5,8-9,14,26H,3,6-7,10-11H2,1H3,(H2,20,23,28)(H,21,25,27). The summed E-state index contributed by atoms with van der Waals surface area (Å²) in [6, 6.07) is 9.19. The summed E-state index contributed by atoms with van der Waals surface area (Å²) in [6.07, 6.45) is 4.66. The zero-order valence-electron chi connectivity index (χ0n) is 15.6. The molecule has 9 heteroatoms. The molecule has 0 spiro atoms. The first-order valence-corrected chi connectivity index (χ1v) is 9.62. The lowest BCUT2D eigenvalue weighted by Crippen LogP contribution is -2.36. The Labute approximate surface area is 167 Å². The number of aromatic hydroxyl groups is 1. The Morgan fingerprint density at radius 1 is 1.21 bits per heavy atom. The van der Waals surface area contributed by atoms with Gasteiger partial charge < -0.3 is 10.4 Å². The molecule has 148 valence electrons. The minimum atomic E-state index is -0.681. The van der Waals surface area contributed by atoms with Crippen LogP contribution in [-0.2, 0) is 0 Å². The third-order valence-corrected chi connectivity index (χ3v) is 4.97. The number of nitrogens with zero attached hydrogens (tertiary/aromatic N) is 2. The van der Waals surface area contributed by atoms with Crippen molar-refractivity contribution in [1.29, 1.82) is 0 Å². The van der Waals surface area contributed by atoms with Crippen LogP contribution in [0.1, 0.15) is 50.6 Å². The molecule has 1 heterocycles. The van der Waals surface area contributed by atoms with Crippen molar-refractivity contribution >= 4 is 28.7 Å². The molecule has 1 aromatic heterocycles. The molecule has 3 rings (SSSR count). The van der Waals surface area contributed by atoms with Crippen LogP contribution in [0.25, 0.3) is 0 Å². The van der Waals surface area contributed by atoms with E-state index < -0.39 is 11.2 Å². The normalized spacial score (nSPS) is 15.2. The highest BCUT2D eigenvalue weighted by atomic mass is 32.1. The SMILES string of the molecule is CC(=NNC(=S)Nc1ccccc1)c1c(O)n(C2CCCCC2)c(=O)[nH]c1=O. The lowest BCUT2D eigenvalue weighted by Gasteiger charge is -2.25. The molecule has 1 fully saturated rings. The van der Waals surface area contributed by atoms with Gasteiger partial charge in [-0.05, 0) is 44.1 Å². The maximum Gasteiger partial charge on any atom is 0.331 e. The van der Waals surface area contributed by atoms with Crippen LogP contribution in [-0.4, -0.2) is 25.5 Å². The van der Waals surface area contributed by atoms with Crippen molar-refractivity contribution in [3.63, 3.8) is 0 Å². The van der Waals surface area contributed by atoms with Crippen molar-refractivity contribution in [3.8, 4) is 5.88 Å². The van der Waals surface area contributed by atoms with Gasteiger partial charge in [0.05, 0.1) is 5.71 Å². The highest BCUT2D eigenvalue weighted by Gasteiger charge is 2.24. The molecule has 1 aliphatic carbocycles. The number of aromatic nitrogens is 2. The second kappa shape index (κ2) is 8.83. The molecule has 2 aromatic rings. The molecule has 0 atom stereocenters. The van der Waals surface area contributed by atoms with Crippen molar-refractivity contribution in [2.45, 2.75) is 45.1 Å². The maximum atomic E-state index is 12.3. The Kier molecular flexibility index (Phi) is 6.25. The number of nitrogens with one attached hydrogen (secondary N) is 3. The van der Waals surface area contributed by atoms with E-state index in [1.165, 1.54) is 4.57 Å². The number of benzene rings is 1. The Hall–Kier alpha value is -2.94. The van der Waals surface area contributed by atoms with E-state index in [9.17, 15) is 14.7 Å². The average Bonchev–Trinajstić information content (AvgIpc) is 2.67. The molecule has 0 bridgehead atoms. The van der Waals surface area contributed by atoms with E-state index in [-0.39, 0.29) is 28.3 Å². The van der Waals surface area contributed by atoms with E-state index in [2.05, 4.69) is 20.8 Å². The van der Waals surface area contributed by atoms with E-state index in [1.807, 2.05) is 30.3 Å². The largest absolute Gasteiger partial charge is 0.494 e. The van der Waals surface area contributed by atoms with Gasteiger partial charge in [-0.3, -0.25) is 19.8 Å². The molecule has 0 amide bonds. The monoisotopic (exact) mass is 401 g/mol. The Morgan fingerprint density at radius 2 is 1.89 bits per heavy atom. The van der Waals surface area contributed by atoms with Gasteiger partial charge in [0, 0.05) is 11.7 Å². The first-order valence-electron chi connectivity index (χ1n) is 9.22. The second-order valence-electron chi connectivity index (χ2n) is 6.75. The van der Waals surface area contributed by atoms with Gasteiger partial charge in [-0.2, -0.15) is 5.10 Å². The molecule has 4 N–H and O–H groups in total. The van der Waals surface area contributed by atoms with Gasteiger partial charge in [0.2, 0.25) is 5.88 Å². The number of anilines is 1. The number of H-pyrrole nitrogens is 1. The summed E-state index contributed by atoms with van der Waals surface area (Å²) >= 11 is 5.19. The topological polar surface area (TPSA) is 112 Å². The van der Waals surface area contributed by atoms with Crippen LogP contribution < -0.4 is 22.0 Å². The molecule has 0 unspecified atom stereocenters. The summed E-state index contributed by atoms with van der Waals surface area (Å²) in [5.74, 6) is -0.356. The van der Waals surface area contributed by atoms with Crippen molar-refractivity contribution in [2.75, 3.05) is 5.32 Å². The minimum absolute atomic E-state index is 0.0415. The van der Waals surface area contributed by atoms with Crippen molar-refractivity contribution < 1.29 is 5.11 Å². The molecule has 0 saturated heterocycles. The Bertz CT molecular complexity index is 991. The van der Waals surface area contributed by atoms with Crippen LogP contribution in [0, 0.1) is 0 Å². The van der Waals surface area contributed by atoms with Crippen molar-refractivity contribution in [3.05, 3.63) is 56.7 Å². The van der Waals surface area contributed by atoms with Gasteiger partial charge in [-0.15, -0.1) is 0 Å². The van der Waals surface area contributed by atoms with E-state index in [0.29, 0.717) is 0 Å². The molecule has 1 aliphatic rings. The number of thiocarbonyl (C=S) groups is 1. The zero-order valence-corrected chi connectivity index (χ0v) is 16.4. The van der Waals surface area contributed by atoms with Crippen molar-refractivity contribution in [2.24, 2.45) is 5.10 Å². The summed E-state index contributed by atoms with van der Waals surface area (Å²) in [5, 5.41) is 18.0. The number of aromatic amines is 1. The highest BCUT2D eigenvalue weighted by Crippen LogP contribution is 2.30. The quantitative estimate of drug-likeness (QED) is 0.356.